The molecule has 4 rings (SSSR count). The Hall–Kier alpha value is -2.81. The molecule has 0 bridgehead atoms. The molecule has 0 atom stereocenters. The molecule has 0 amide bonds. The third kappa shape index (κ3) is 5.29. The van der Waals surface area contributed by atoms with E-state index in [0.717, 1.165) is 11.1 Å². The van der Waals surface area contributed by atoms with E-state index in [0.29, 0.717) is 45.4 Å². The molecule has 0 spiro atoms. The Morgan fingerprint density at radius 3 is 2.24 bits per heavy atom. The Kier molecular flexibility index (Phi) is 7.60. The number of methoxy groups -OCH3 is 2. The number of hydrogen-bond acceptors (Lipinski definition) is 5. The number of benzene rings is 3. The van der Waals surface area contributed by atoms with E-state index in [4.69, 9.17) is 32.7 Å². The average molecular weight is 522 g/mol. The molecule has 0 N–H and O–H groups in total. The van der Waals surface area contributed by atoms with Gasteiger partial charge in [0.2, 0.25) is 0 Å². The Morgan fingerprint density at radius 1 is 0.853 bits per heavy atom. The average Bonchev–Trinajstić information content (AvgIpc) is 3.20. The van der Waals surface area contributed by atoms with Crippen molar-refractivity contribution in [2.24, 2.45) is 0 Å². The minimum absolute atomic E-state index is 0.218. The lowest BCUT2D eigenvalue weighted by Crippen LogP contribution is -2.05. The van der Waals surface area contributed by atoms with Crippen LogP contribution in [0, 0.1) is 11.6 Å². The molecule has 4 aromatic rings. The van der Waals surface area contributed by atoms with E-state index < -0.39 is 11.6 Å². The highest BCUT2D eigenvalue weighted by Crippen LogP contribution is 2.33. The van der Waals surface area contributed by atoms with Gasteiger partial charge in [0.1, 0.15) is 17.5 Å². The molecule has 5 nitrogen and oxygen atoms in total. The number of nitrogens with zero attached hydrogens (tertiary/aromatic N) is 3. The van der Waals surface area contributed by atoms with Gasteiger partial charge >= 0.3 is 0 Å². The van der Waals surface area contributed by atoms with Gasteiger partial charge in [0.05, 0.1) is 24.9 Å². The SMILES string of the molecule is COc1ccc(Cc2nnc(SCc3ccc(F)cc3Cl)n2-c2ccc(F)cc2Cl)cc1OC. The Morgan fingerprint density at radius 2 is 1.56 bits per heavy atom. The summed E-state index contributed by atoms with van der Waals surface area (Å²) in [5.41, 5.74) is 2.19. The molecule has 0 fully saturated rings. The zero-order valence-corrected chi connectivity index (χ0v) is 20.5. The van der Waals surface area contributed by atoms with Crippen LogP contribution in [0.3, 0.4) is 0 Å². The lowest BCUT2D eigenvalue weighted by atomic mass is 10.1. The quantitative estimate of drug-likeness (QED) is 0.240. The van der Waals surface area contributed by atoms with Crippen molar-refractivity contribution < 1.29 is 18.3 Å². The third-order valence-corrected chi connectivity index (χ3v) is 6.67. The first-order chi connectivity index (χ1) is 16.4. The number of hydrogen-bond donors (Lipinski definition) is 0. The molecule has 0 saturated carbocycles. The summed E-state index contributed by atoms with van der Waals surface area (Å²) in [6.07, 6.45) is 0.402. The number of halogens is 4. The molecule has 1 heterocycles. The van der Waals surface area contributed by atoms with Gasteiger partial charge in [-0.25, -0.2) is 8.78 Å². The van der Waals surface area contributed by atoms with Gasteiger partial charge in [0.25, 0.3) is 0 Å². The summed E-state index contributed by atoms with van der Waals surface area (Å²) in [5.74, 6) is 1.36. The smallest absolute Gasteiger partial charge is 0.196 e. The van der Waals surface area contributed by atoms with E-state index in [1.807, 2.05) is 18.2 Å². The van der Waals surface area contributed by atoms with Crippen LogP contribution in [0.1, 0.15) is 17.0 Å². The molecule has 0 aliphatic rings. The summed E-state index contributed by atoms with van der Waals surface area (Å²) in [6.45, 7) is 0. The second-order valence-electron chi connectivity index (χ2n) is 7.22. The molecule has 176 valence electrons. The highest BCUT2D eigenvalue weighted by Gasteiger charge is 2.19. The van der Waals surface area contributed by atoms with Crippen molar-refractivity contribution in [1.82, 2.24) is 14.8 Å². The summed E-state index contributed by atoms with van der Waals surface area (Å²) in [6, 6.07) is 14.0. The normalized spacial score (nSPS) is 11.0. The summed E-state index contributed by atoms with van der Waals surface area (Å²) in [4.78, 5) is 0. The predicted octanol–water partition coefficient (Wildman–Crippen LogP) is 6.75. The van der Waals surface area contributed by atoms with Crippen molar-refractivity contribution in [3.8, 4) is 17.2 Å². The minimum Gasteiger partial charge on any atom is -0.493 e. The molecule has 3 aromatic carbocycles. The van der Waals surface area contributed by atoms with E-state index in [9.17, 15) is 8.78 Å². The molecule has 34 heavy (non-hydrogen) atoms. The highest BCUT2D eigenvalue weighted by molar-refractivity contribution is 7.98. The molecule has 0 radical (unpaired) electrons. The van der Waals surface area contributed by atoms with Crippen LogP contribution in [0.25, 0.3) is 5.69 Å². The number of rotatable bonds is 8. The van der Waals surface area contributed by atoms with E-state index in [2.05, 4.69) is 10.2 Å². The molecular weight excluding hydrogens is 503 g/mol. The zero-order chi connectivity index (χ0) is 24.2. The Balaban J connectivity index is 1.71. The highest BCUT2D eigenvalue weighted by atomic mass is 35.5. The van der Waals surface area contributed by atoms with Gasteiger partial charge < -0.3 is 9.47 Å². The molecule has 0 saturated heterocycles. The third-order valence-electron chi connectivity index (χ3n) is 5.03. The fourth-order valence-corrected chi connectivity index (χ4v) is 4.90. The standard InChI is InChI=1S/C24H19Cl2F2N3O2S/c1-32-21-8-3-14(9-22(21)33-2)10-23-29-30-24(31(23)20-7-6-17(28)12-19(20)26)34-13-15-4-5-16(27)11-18(15)25/h3-9,11-12H,10,13H2,1-2H3. The second-order valence-corrected chi connectivity index (χ2v) is 8.98. The number of aromatic nitrogens is 3. The maximum Gasteiger partial charge on any atom is 0.196 e. The Labute approximate surface area is 209 Å². The van der Waals surface area contributed by atoms with Crippen molar-refractivity contribution >= 4 is 35.0 Å². The van der Waals surface area contributed by atoms with Gasteiger partial charge in [-0.15, -0.1) is 10.2 Å². The first-order valence-electron chi connectivity index (χ1n) is 10.1. The van der Waals surface area contributed by atoms with Crippen LogP contribution in [-0.2, 0) is 12.2 Å². The first kappa shape index (κ1) is 24.3. The zero-order valence-electron chi connectivity index (χ0n) is 18.2. The van der Waals surface area contributed by atoms with Gasteiger partial charge in [-0.1, -0.05) is 47.1 Å². The lowest BCUT2D eigenvalue weighted by Gasteiger charge is -2.13. The summed E-state index contributed by atoms with van der Waals surface area (Å²) in [7, 11) is 3.14. The number of ether oxygens (including phenoxy) is 2. The van der Waals surface area contributed by atoms with Crippen LogP contribution in [-0.4, -0.2) is 29.0 Å². The van der Waals surface area contributed by atoms with E-state index >= 15 is 0 Å². The lowest BCUT2D eigenvalue weighted by molar-refractivity contribution is 0.354. The van der Waals surface area contributed by atoms with Crippen molar-refractivity contribution in [3.63, 3.8) is 0 Å². The van der Waals surface area contributed by atoms with Gasteiger partial charge in [-0.3, -0.25) is 4.57 Å². The van der Waals surface area contributed by atoms with E-state index in [1.54, 1.807) is 30.9 Å². The van der Waals surface area contributed by atoms with Gasteiger partial charge in [0.15, 0.2) is 16.7 Å². The van der Waals surface area contributed by atoms with E-state index in [-0.39, 0.29) is 5.02 Å². The van der Waals surface area contributed by atoms with Crippen LogP contribution in [0.4, 0.5) is 8.78 Å². The van der Waals surface area contributed by atoms with Gasteiger partial charge in [0, 0.05) is 17.2 Å². The molecule has 0 aliphatic heterocycles. The maximum atomic E-state index is 13.7. The van der Waals surface area contributed by atoms with Crippen molar-refractivity contribution in [2.45, 2.75) is 17.3 Å². The summed E-state index contributed by atoms with van der Waals surface area (Å²) >= 11 is 13.9. The van der Waals surface area contributed by atoms with Crippen LogP contribution in [0.5, 0.6) is 11.5 Å². The Bertz CT molecular complexity index is 1330. The first-order valence-corrected chi connectivity index (χ1v) is 11.8. The van der Waals surface area contributed by atoms with Crippen LogP contribution < -0.4 is 9.47 Å². The minimum atomic E-state index is -0.449. The largest absolute Gasteiger partial charge is 0.493 e. The van der Waals surface area contributed by atoms with Crippen molar-refractivity contribution in [2.75, 3.05) is 14.2 Å². The van der Waals surface area contributed by atoms with Crippen molar-refractivity contribution in [1.29, 1.82) is 0 Å². The van der Waals surface area contributed by atoms with Crippen LogP contribution >= 0.6 is 35.0 Å². The number of thioether (sulfide) groups is 1. The predicted molar refractivity (Wildman–Crippen MR) is 130 cm³/mol. The fourth-order valence-electron chi connectivity index (χ4n) is 3.37. The topological polar surface area (TPSA) is 49.2 Å². The van der Waals surface area contributed by atoms with E-state index in [1.165, 1.54) is 36.0 Å². The maximum absolute atomic E-state index is 13.7. The molecule has 0 unspecified atom stereocenters. The summed E-state index contributed by atoms with van der Waals surface area (Å²) < 4.78 is 39.6. The molecule has 0 aliphatic carbocycles. The molecule has 10 heteroatoms. The molecule has 1 aromatic heterocycles. The van der Waals surface area contributed by atoms with Crippen LogP contribution in [0.15, 0.2) is 59.8 Å². The van der Waals surface area contributed by atoms with Gasteiger partial charge in [-0.2, -0.15) is 0 Å². The fraction of sp³-hybridized carbons (Fsp3) is 0.167. The molecular formula is C24H19Cl2F2N3O2S. The van der Waals surface area contributed by atoms with Crippen molar-refractivity contribution in [3.05, 3.63) is 93.2 Å². The second kappa shape index (κ2) is 10.6. The summed E-state index contributed by atoms with van der Waals surface area (Å²) in [5, 5.41) is 9.79. The van der Waals surface area contributed by atoms with Gasteiger partial charge in [-0.05, 0) is 53.6 Å². The monoisotopic (exact) mass is 521 g/mol. The van der Waals surface area contributed by atoms with Crippen LogP contribution in [0.2, 0.25) is 10.0 Å².